The second-order valence-electron chi connectivity index (χ2n) is 8.25. The van der Waals surface area contributed by atoms with Gasteiger partial charge in [0.2, 0.25) is 17.7 Å². The summed E-state index contributed by atoms with van der Waals surface area (Å²) >= 11 is 4.08. The number of guanidine groups is 1. The summed E-state index contributed by atoms with van der Waals surface area (Å²) in [7, 11) is 0. The number of hydrazine groups is 1. The van der Waals surface area contributed by atoms with Crippen LogP contribution >= 0.6 is 12.6 Å². The molecule has 0 rings (SSSR count). The topological polar surface area (TPSA) is 256 Å². The molecule has 5 atom stereocenters. The number of aliphatic hydroxyl groups excluding tert-OH is 1. The predicted molar refractivity (Wildman–Crippen MR) is 141 cm³/mol. The van der Waals surface area contributed by atoms with Crippen LogP contribution in [0.2, 0.25) is 0 Å². The molecule has 0 aliphatic carbocycles. The first-order valence-corrected chi connectivity index (χ1v) is 12.6. The summed E-state index contributed by atoms with van der Waals surface area (Å²) in [6.07, 6.45) is 2.43. The highest BCUT2D eigenvalue weighted by Gasteiger charge is 2.24. The maximum absolute atomic E-state index is 12.6. The zero-order valence-corrected chi connectivity index (χ0v) is 21.9. The van der Waals surface area contributed by atoms with Gasteiger partial charge in [0.25, 0.3) is 0 Å². The van der Waals surface area contributed by atoms with Crippen molar-refractivity contribution in [2.24, 2.45) is 22.2 Å². The molecule has 0 saturated carbocycles. The molecule has 2 unspecified atom stereocenters. The van der Waals surface area contributed by atoms with Crippen molar-refractivity contribution < 1.29 is 29.1 Å². The van der Waals surface area contributed by atoms with Crippen molar-refractivity contribution in [2.75, 3.05) is 25.4 Å². The number of hydrogen-bond acceptors (Lipinski definition) is 11. The van der Waals surface area contributed by atoms with E-state index in [-0.39, 0.29) is 11.7 Å². The van der Waals surface area contributed by atoms with Crippen LogP contribution in [-0.2, 0) is 24.0 Å². The SMILES string of the molecule is C[C@H](O)[C@H](C=O)NNC(CCCCN)C(=O)NCC(=O)NC(CS)C(=O)N[C@@H](C=O)CCCN=C(N)N. The minimum absolute atomic E-state index is 0.0509. The molecule has 16 heteroatoms. The van der Waals surface area contributed by atoms with Crippen LogP contribution in [0.4, 0.5) is 0 Å². The van der Waals surface area contributed by atoms with E-state index in [4.69, 9.17) is 17.2 Å². The molecule has 0 aliphatic heterocycles. The zero-order chi connectivity index (χ0) is 28.2. The number of rotatable bonds is 21. The van der Waals surface area contributed by atoms with Gasteiger partial charge in [-0.2, -0.15) is 12.6 Å². The normalized spacial score (nSPS) is 14.8. The molecule has 3 amide bonds. The predicted octanol–water partition coefficient (Wildman–Crippen LogP) is -4.21. The number of thiol groups is 1. The van der Waals surface area contributed by atoms with E-state index in [1.54, 1.807) is 0 Å². The van der Waals surface area contributed by atoms with Crippen LogP contribution in [0.25, 0.3) is 0 Å². The van der Waals surface area contributed by atoms with E-state index >= 15 is 0 Å². The van der Waals surface area contributed by atoms with Gasteiger partial charge in [0.05, 0.1) is 24.7 Å². The van der Waals surface area contributed by atoms with Gasteiger partial charge in [0, 0.05) is 12.3 Å². The molecule has 0 saturated heterocycles. The van der Waals surface area contributed by atoms with Crippen LogP contribution in [0.1, 0.15) is 39.0 Å². The molecular weight excluding hydrogens is 506 g/mol. The van der Waals surface area contributed by atoms with Gasteiger partial charge in [-0.3, -0.25) is 19.4 Å². The van der Waals surface area contributed by atoms with Gasteiger partial charge in [-0.1, -0.05) is 6.42 Å². The number of nitrogens with one attached hydrogen (secondary N) is 5. The zero-order valence-electron chi connectivity index (χ0n) is 21.0. The maximum Gasteiger partial charge on any atom is 0.243 e. The minimum atomic E-state index is -1.05. The van der Waals surface area contributed by atoms with E-state index in [9.17, 15) is 29.1 Å². The molecule has 0 radical (unpaired) electrons. The number of amides is 3. The first-order chi connectivity index (χ1) is 17.6. The van der Waals surface area contributed by atoms with Crippen LogP contribution in [0.3, 0.4) is 0 Å². The Morgan fingerprint density at radius 1 is 0.973 bits per heavy atom. The molecule has 15 nitrogen and oxygen atoms in total. The Morgan fingerprint density at radius 2 is 1.68 bits per heavy atom. The summed E-state index contributed by atoms with van der Waals surface area (Å²) in [5.41, 5.74) is 21.3. The maximum atomic E-state index is 12.6. The Hall–Kier alpha value is -2.79. The van der Waals surface area contributed by atoms with E-state index in [1.165, 1.54) is 6.92 Å². The highest BCUT2D eigenvalue weighted by Crippen LogP contribution is 2.01. The summed E-state index contributed by atoms with van der Waals surface area (Å²) in [6.45, 7) is 1.71. The number of nitrogens with two attached hydrogens (primary N) is 3. The molecular formula is C21H41N9O6S. The van der Waals surface area contributed by atoms with Crippen LogP contribution in [0, 0.1) is 0 Å². The molecule has 0 bridgehead atoms. The molecule has 37 heavy (non-hydrogen) atoms. The van der Waals surface area contributed by atoms with Crippen molar-refractivity contribution in [1.82, 2.24) is 26.8 Å². The number of nitrogens with zero attached hydrogens (tertiary/aromatic N) is 1. The number of carbonyl (C=O) groups excluding carboxylic acids is 5. The third kappa shape index (κ3) is 15.8. The quantitative estimate of drug-likeness (QED) is 0.0164. The molecule has 0 aromatic carbocycles. The second kappa shape index (κ2) is 20.3. The lowest BCUT2D eigenvalue weighted by atomic mass is 10.1. The van der Waals surface area contributed by atoms with E-state index in [2.05, 4.69) is 44.4 Å². The minimum Gasteiger partial charge on any atom is -0.391 e. The lowest BCUT2D eigenvalue weighted by Crippen LogP contribution is -2.57. The highest BCUT2D eigenvalue weighted by molar-refractivity contribution is 7.80. The molecule has 212 valence electrons. The number of carbonyl (C=O) groups is 5. The smallest absolute Gasteiger partial charge is 0.243 e. The van der Waals surface area contributed by atoms with Gasteiger partial charge < -0.3 is 47.8 Å². The van der Waals surface area contributed by atoms with E-state index < -0.39 is 54.5 Å². The number of unbranched alkanes of at least 4 members (excludes halogenated alkanes) is 1. The fraction of sp³-hybridized carbons (Fsp3) is 0.714. The Morgan fingerprint density at radius 3 is 2.22 bits per heavy atom. The summed E-state index contributed by atoms with van der Waals surface area (Å²) in [6, 6.07) is -3.61. The number of aliphatic hydroxyl groups is 1. The Bertz CT molecular complexity index is 752. The molecule has 0 aliphatic rings. The summed E-state index contributed by atoms with van der Waals surface area (Å²) < 4.78 is 0. The van der Waals surface area contributed by atoms with E-state index in [1.807, 2.05) is 0 Å². The molecule has 0 aromatic heterocycles. The van der Waals surface area contributed by atoms with Crippen molar-refractivity contribution in [3.63, 3.8) is 0 Å². The van der Waals surface area contributed by atoms with Gasteiger partial charge in [0.1, 0.15) is 24.7 Å². The van der Waals surface area contributed by atoms with E-state index in [0.29, 0.717) is 57.8 Å². The summed E-state index contributed by atoms with van der Waals surface area (Å²) in [5.74, 6) is -1.93. The lowest BCUT2D eigenvalue weighted by Gasteiger charge is -2.23. The molecule has 12 N–H and O–H groups in total. The third-order valence-electron chi connectivity index (χ3n) is 5.07. The Labute approximate surface area is 221 Å². The first kappa shape index (κ1) is 34.2. The van der Waals surface area contributed by atoms with Crippen LogP contribution < -0.4 is 44.0 Å². The average Bonchev–Trinajstić information content (AvgIpc) is 2.86. The third-order valence-corrected chi connectivity index (χ3v) is 5.44. The molecule has 0 spiro atoms. The second-order valence-corrected chi connectivity index (χ2v) is 8.61. The summed E-state index contributed by atoms with van der Waals surface area (Å²) in [5, 5.41) is 17.0. The lowest BCUT2D eigenvalue weighted by molar-refractivity contribution is -0.130. The number of aldehydes is 2. The van der Waals surface area contributed by atoms with Crippen molar-refractivity contribution >= 4 is 48.9 Å². The van der Waals surface area contributed by atoms with Crippen molar-refractivity contribution in [2.45, 2.75) is 69.3 Å². The number of hydrogen-bond donors (Lipinski definition) is 10. The standard InChI is InChI=1S/C21H41N9O6S/c1-13(33)16(11-32)30-29-15(6-2-3-7-22)19(35)26-9-18(34)28-17(12-37)20(36)27-14(10-31)5-4-8-25-21(23)24/h10-11,13-17,29-30,33,37H,2-9,12,22H2,1H3,(H,26,35)(H,27,36)(H,28,34)(H4,23,24,25)/t13-,14+,15?,16-,17?/m0/s1. The van der Waals surface area contributed by atoms with Crippen molar-refractivity contribution in [1.29, 1.82) is 0 Å². The molecule has 0 heterocycles. The first-order valence-electron chi connectivity index (χ1n) is 11.9. The van der Waals surface area contributed by atoms with Crippen molar-refractivity contribution in [3.05, 3.63) is 0 Å². The van der Waals surface area contributed by atoms with Crippen molar-refractivity contribution in [3.8, 4) is 0 Å². The van der Waals surface area contributed by atoms with Gasteiger partial charge in [0.15, 0.2) is 5.96 Å². The average molecular weight is 548 g/mol. The van der Waals surface area contributed by atoms with Gasteiger partial charge in [-0.25, -0.2) is 10.9 Å². The largest absolute Gasteiger partial charge is 0.391 e. The van der Waals surface area contributed by atoms with Gasteiger partial charge >= 0.3 is 0 Å². The highest BCUT2D eigenvalue weighted by atomic mass is 32.1. The van der Waals surface area contributed by atoms with Gasteiger partial charge in [-0.05, 0) is 39.2 Å². The van der Waals surface area contributed by atoms with Crippen LogP contribution in [0.5, 0.6) is 0 Å². The van der Waals surface area contributed by atoms with Crippen LogP contribution in [-0.4, -0.2) is 97.0 Å². The monoisotopic (exact) mass is 547 g/mol. The summed E-state index contributed by atoms with van der Waals surface area (Å²) in [4.78, 5) is 63.6. The fourth-order valence-electron chi connectivity index (χ4n) is 2.93. The molecule has 0 aromatic rings. The Balaban J connectivity index is 4.83. The Kier molecular flexibility index (Phi) is 18.8. The fourth-order valence-corrected chi connectivity index (χ4v) is 3.19. The van der Waals surface area contributed by atoms with Gasteiger partial charge in [-0.15, -0.1) is 0 Å². The molecule has 0 fully saturated rings. The number of aliphatic imine (C=N–C) groups is 1. The van der Waals surface area contributed by atoms with Crippen LogP contribution in [0.15, 0.2) is 4.99 Å². The van der Waals surface area contributed by atoms with E-state index in [0.717, 1.165) is 0 Å².